The van der Waals surface area contributed by atoms with Crippen molar-refractivity contribution >= 4 is 28.5 Å². The highest BCUT2D eigenvalue weighted by atomic mass is 35.5. The highest BCUT2D eigenvalue weighted by Crippen LogP contribution is 2.39. The van der Waals surface area contributed by atoms with Gasteiger partial charge in [0.25, 0.3) is 0 Å². The van der Waals surface area contributed by atoms with Crippen LogP contribution in [0.5, 0.6) is 5.75 Å². The lowest BCUT2D eigenvalue weighted by atomic mass is 9.91. The molecule has 30 heavy (non-hydrogen) atoms. The number of benzene rings is 2. The summed E-state index contributed by atoms with van der Waals surface area (Å²) in [6.45, 7) is 3.89. The van der Waals surface area contributed by atoms with Gasteiger partial charge < -0.3 is 9.84 Å². The van der Waals surface area contributed by atoms with Crippen LogP contribution in [-0.4, -0.2) is 40.7 Å². The Hall–Kier alpha value is -2.63. The molecule has 5 nitrogen and oxygen atoms in total. The number of aromatic nitrogens is 1. The van der Waals surface area contributed by atoms with Crippen LogP contribution in [0.3, 0.4) is 0 Å². The van der Waals surface area contributed by atoms with Crippen molar-refractivity contribution in [1.29, 1.82) is 0 Å². The molecule has 0 radical (unpaired) electrons. The number of nitrogens with zero attached hydrogens (tertiary/aromatic N) is 2. The summed E-state index contributed by atoms with van der Waals surface area (Å²) < 4.78 is 5.93. The quantitative estimate of drug-likeness (QED) is 0.591. The first kappa shape index (κ1) is 20.6. The minimum atomic E-state index is -0.712. The SMILES string of the molecule is CCOc1ccc(Cl)cc1C(c1cnc2ccccc2c1)N1CCC(C(=O)O)CC1. The van der Waals surface area contributed by atoms with Gasteiger partial charge in [0.2, 0.25) is 0 Å². The van der Waals surface area contributed by atoms with Gasteiger partial charge in [0, 0.05) is 22.2 Å². The van der Waals surface area contributed by atoms with Gasteiger partial charge in [-0.15, -0.1) is 0 Å². The van der Waals surface area contributed by atoms with Crippen molar-refractivity contribution in [1.82, 2.24) is 9.88 Å². The monoisotopic (exact) mass is 424 g/mol. The first-order valence-corrected chi connectivity index (χ1v) is 10.7. The lowest BCUT2D eigenvalue weighted by Gasteiger charge is -2.37. The second-order valence-corrected chi connectivity index (χ2v) is 8.06. The van der Waals surface area contributed by atoms with Gasteiger partial charge in [-0.1, -0.05) is 29.8 Å². The predicted molar refractivity (Wildman–Crippen MR) is 118 cm³/mol. The van der Waals surface area contributed by atoms with E-state index in [9.17, 15) is 9.90 Å². The molecule has 1 aromatic heterocycles. The van der Waals surface area contributed by atoms with Gasteiger partial charge in [-0.2, -0.15) is 0 Å². The van der Waals surface area contributed by atoms with E-state index in [1.807, 2.05) is 49.5 Å². The maximum absolute atomic E-state index is 11.4. The van der Waals surface area contributed by atoms with Crippen molar-refractivity contribution in [3.63, 3.8) is 0 Å². The second kappa shape index (κ2) is 9.02. The molecule has 0 bridgehead atoms. The number of rotatable bonds is 6. The molecule has 0 saturated carbocycles. The third kappa shape index (κ3) is 4.27. The Balaban J connectivity index is 1.79. The van der Waals surface area contributed by atoms with Crippen LogP contribution in [-0.2, 0) is 4.79 Å². The van der Waals surface area contributed by atoms with Gasteiger partial charge in [-0.3, -0.25) is 14.7 Å². The number of carboxylic acids is 1. The fourth-order valence-corrected chi connectivity index (χ4v) is 4.43. The van der Waals surface area contributed by atoms with Crippen molar-refractivity contribution in [3.8, 4) is 5.75 Å². The number of pyridine rings is 1. The van der Waals surface area contributed by atoms with E-state index in [0.29, 0.717) is 37.6 Å². The molecule has 1 N–H and O–H groups in total. The molecule has 2 aromatic carbocycles. The average molecular weight is 425 g/mol. The van der Waals surface area contributed by atoms with Crippen LogP contribution in [0.1, 0.15) is 36.9 Å². The summed E-state index contributed by atoms with van der Waals surface area (Å²) in [5, 5.41) is 11.1. The molecule has 2 heterocycles. The molecule has 156 valence electrons. The number of aliphatic carboxylic acids is 1. The van der Waals surface area contributed by atoms with Crippen LogP contribution in [0.2, 0.25) is 5.02 Å². The smallest absolute Gasteiger partial charge is 0.306 e. The summed E-state index contributed by atoms with van der Waals surface area (Å²) in [6.07, 6.45) is 3.15. The van der Waals surface area contributed by atoms with Gasteiger partial charge in [0.1, 0.15) is 5.75 Å². The van der Waals surface area contributed by atoms with E-state index in [0.717, 1.165) is 27.8 Å². The summed E-state index contributed by atoms with van der Waals surface area (Å²) in [7, 11) is 0. The van der Waals surface area contributed by atoms with E-state index in [4.69, 9.17) is 16.3 Å². The lowest BCUT2D eigenvalue weighted by molar-refractivity contribution is -0.143. The van der Waals surface area contributed by atoms with Crippen LogP contribution in [0, 0.1) is 5.92 Å². The predicted octanol–water partition coefficient (Wildman–Crippen LogP) is 5.17. The number of piperidine rings is 1. The van der Waals surface area contributed by atoms with E-state index in [1.165, 1.54) is 0 Å². The normalized spacial score (nSPS) is 16.5. The number of halogens is 1. The highest BCUT2D eigenvalue weighted by molar-refractivity contribution is 6.30. The molecule has 0 amide bonds. The number of carbonyl (C=O) groups is 1. The zero-order chi connectivity index (χ0) is 21.1. The maximum Gasteiger partial charge on any atom is 0.306 e. The Morgan fingerprint density at radius 1 is 1.23 bits per heavy atom. The molecule has 4 rings (SSSR count). The summed E-state index contributed by atoms with van der Waals surface area (Å²) in [6, 6.07) is 15.8. The van der Waals surface area contributed by atoms with Crippen molar-refractivity contribution in [2.75, 3.05) is 19.7 Å². The van der Waals surface area contributed by atoms with E-state index in [-0.39, 0.29) is 12.0 Å². The number of likely N-dealkylation sites (tertiary alicyclic amines) is 1. The molecule has 1 fully saturated rings. The van der Waals surface area contributed by atoms with Crippen LogP contribution in [0.25, 0.3) is 10.9 Å². The Morgan fingerprint density at radius 2 is 2.00 bits per heavy atom. The third-order valence-corrected chi connectivity index (χ3v) is 5.97. The van der Waals surface area contributed by atoms with Crippen LogP contribution >= 0.6 is 11.6 Å². The maximum atomic E-state index is 11.4. The van der Waals surface area contributed by atoms with Crippen LogP contribution in [0.15, 0.2) is 54.7 Å². The molecule has 3 aromatic rings. The van der Waals surface area contributed by atoms with Gasteiger partial charge in [-0.25, -0.2) is 0 Å². The summed E-state index contributed by atoms with van der Waals surface area (Å²) in [5.41, 5.74) is 2.97. The number of hydrogen-bond donors (Lipinski definition) is 1. The van der Waals surface area contributed by atoms with E-state index in [1.54, 1.807) is 0 Å². The van der Waals surface area contributed by atoms with Crippen molar-refractivity contribution in [2.45, 2.75) is 25.8 Å². The summed E-state index contributed by atoms with van der Waals surface area (Å²) in [5.74, 6) is -0.209. The Bertz CT molecular complexity index is 1050. The highest BCUT2D eigenvalue weighted by Gasteiger charge is 2.32. The molecule has 0 spiro atoms. The number of ether oxygens (including phenoxy) is 1. The number of fused-ring (bicyclic) bond motifs is 1. The fraction of sp³-hybridized carbons (Fsp3) is 0.333. The zero-order valence-electron chi connectivity index (χ0n) is 16.9. The summed E-state index contributed by atoms with van der Waals surface area (Å²) >= 11 is 6.38. The van der Waals surface area contributed by atoms with Crippen LogP contribution < -0.4 is 4.74 Å². The van der Waals surface area contributed by atoms with Gasteiger partial charge in [-0.05, 0) is 68.8 Å². The van der Waals surface area contributed by atoms with Gasteiger partial charge in [0.05, 0.1) is 24.1 Å². The standard InChI is InChI=1S/C24H25ClN2O3/c1-2-30-22-8-7-19(25)14-20(22)23(27-11-9-16(10-12-27)24(28)29)18-13-17-5-3-4-6-21(17)26-15-18/h3-8,13-16,23H,2,9-12H2,1H3,(H,28,29). The molecule has 1 aliphatic heterocycles. The van der Waals surface area contributed by atoms with Crippen molar-refractivity contribution in [2.24, 2.45) is 5.92 Å². The van der Waals surface area contributed by atoms with E-state index in [2.05, 4.69) is 22.0 Å². The minimum Gasteiger partial charge on any atom is -0.494 e. The fourth-order valence-electron chi connectivity index (χ4n) is 4.25. The molecule has 1 atom stereocenters. The molecular weight excluding hydrogens is 400 g/mol. The Labute approximate surface area is 181 Å². The molecule has 1 unspecified atom stereocenters. The van der Waals surface area contributed by atoms with Crippen LogP contribution in [0.4, 0.5) is 0 Å². The molecule has 1 aliphatic rings. The number of hydrogen-bond acceptors (Lipinski definition) is 4. The number of carboxylic acid groups (broad SMARTS) is 1. The van der Waals surface area contributed by atoms with Gasteiger partial charge in [0.15, 0.2) is 0 Å². The van der Waals surface area contributed by atoms with Crippen molar-refractivity contribution < 1.29 is 14.6 Å². The van der Waals surface area contributed by atoms with E-state index >= 15 is 0 Å². The Morgan fingerprint density at radius 3 is 2.73 bits per heavy atom. The molecule has 6 heteroatoms. The van der Waals surface area contributed by atoms with Gasteiger partial charge >= 0.3 is 5.97 Å². The summed E-state index contributed by atoms with van der Waals surface area (Å²) in [4.78, 5) is 18.4. The average Bonchev–Trinajstić information content (AvgIpc) is 2.76. The number of para-hydroxylation sites is 1. The second-order valence-electron chi connectivity index (χ2n) is 7.63. The Kier molecular flexibility index (Phi) is 6.21. The topological polar surface area (TPSA) is 62.7 Å². The molecular formula is C24H25ClN2O3. The third-order valence-electron chi connectivity index (χ3n) is 5.74. The first-order valence-electron chi connectivity index (χ1n) is 10.3. The molecule has 0 aliphatic carbocycles. The first-order chi connectivity index (χ1) is 14.6. The largest absolute Gasteiger partial charge is 0.494 e. The zero-order valence-corrected chi connectivity index (χ0v) is 17.7. The van der Waals surface area contributed by atoms with Crippen molar-refractivity contribution in [3.05, 3.63) is 70.9 Å². The minimum absolute atomic E-state index is 0.114. The lowest BCUT2D eigenvalue weighted by Crippen LogP contribution is -2.39. The molecule has 1 saturated heterocycles. The van der Waals surface area contributed by atoms with E-state index < -0.39 is 5.97 Å².